The molecule has 254 valence electrons. The number of para-hydroxylation sites is 1. The van der Waals surface area contributed by atoms with Gasteiger partial charge in [-0.25, -0.2) is 19.2 Å². The van der Waals surface area contributed by atoms with Crippen LogP contribution in [0.15, 0.2) is 60.7 Å². The number of carbonyl (C=O) groups is 6. The van der Waals surface area contributed by atoms with Gasteiger partial charge in [0.15, 0.2) is 0 Å². The Morgan fingerprint density at radius 1 is 0.896 bits per heavy atom. The van der Waals surface area contributed by atoms with Crippen LogP contribution in [0.3, 0.4) is 0 Å². The number of anilines is 2. The van der Waals surface area contributed by atoms with Crippen molar-refractivity contribution in [2.24, 2.45) is 0 Å². The number of phenolic OH excluding ortho intramolecular Hbond substituents is 1. The highest BCUT2D eigenvalue weighted by Crippen LogP contribution is 2.31. The molecule has 0 aliphatic heterocycles. The Kier molecular flexibility index (Phi) is 12.9. The van der Waals surface area contributed by atoms with E-state index in [2.05, 4.69) is 15.4 Å². The first-order valence-corrected chi connectivity index (χ1v) is 14.5. The molecule has 0 aliphatic carbocycles. The number of esters is 1. The molecule has 0 saturated heterocycles. The van der Waals surface area contributed by atoms with E-state index < -0.39 is 41.9 Å². The van der Waals surface area contributed by atoms with Gasteiger partial charge in [-0.2, -0.15) is 0 Å². The van der Waals surface area contributed by atoms with Crippen molar-refractivity contribution >= 4 is 47.2 Å². The number of unbranched alkanes of at least 4 members (excludes halogenated alkanes) is 1. The fraction of sp³-hybridized carbons (Fsp3) is 0.273. The minimum Gasteiger partial charge on any atom is -0.507 e. The molecule has 5 N–H and O–H groups in total. The van der Waals surface area contributed by atoms with E-state index in [0.29, 0.717) is 24.0 Å². The van der Waals surface area contributed by atoms with Gasteiger partial charge in [0, 0.05) is 18.7 Å². The summed E-state index contributed by atoms with van der Waals surface area (Å²) in [7, 11) is 2.33. The van der Waals surface area contributed by atoms with Crippen LogP contribution in [0.25, 0.3) is 0 Å². The van der Waals surface area contributed by atoms with Gasteiger partial charge in [0.1, 0.15) is 23.1 Å². The SMILES string of the molecule is COC(=O)N[C@@H](Cc1ccc(N(C(=O)C(=O)O)c2ccccc2C(=O)O)cc1)C(=O)NCCCCOc1cc(C)cc(O)c1C(=O)OC. The highest BCUT2D eigenvalue weighted by Gasteiger charge is 2.28. The Morgan fingerprint density at radius 2 is 1.58 bits per heavy atom. The van der Waals surface area contributed by atoms with Gasteiger partial charge in [0.05, 0.1) is 32.1 Å². The molecule has 0 spiro atoms. The van der Waals surface area contributed by atoms with Crippen molar-refractivity contribution in [2.75, 3.05) is 32.3 Å². The van der Waals surface area contributed by atoms with Crippen LogP contribution in [-0.4, -0.2) is 84.5 Å². The molecule has 15 heteroatoms. The molecule has 1 atom stereocenters. The number of amides is 3. The Morgan fingerprint density at radius 3 is 2.21 bits per heavy atom. The summed E-state index contributed by atoms with van der Waals surface area (Å²) >= 11 is 0. The normalized spacial score (nSPS) is 11.1. The van der Waals surface area contributed by atoms with Crippen LogP contribution in [0.1, 0.15) is 44.7 Å². The summed E-state index contributed by atoms with van der Waals surface area (Å²) in [5.74, 6) is -5.92. The van der Waals surface area contributed by atoms with Crippen molar-refractivity contribution in [3.05, 3.63) is 82.9 Å². The summed E-state index contributed by atoms with van der Waals surface area (Å²) < 4.78 is 15.1. The second-order valence-electron chi connectivity index (χ2n) is 10.3. The summed E-state index contributed by atoms with van der Waals surface area (Å²) in [6, 6.07) is 13.2. The fourth-order valence-corrected chi connectivity index (χ4v) is 4.64. The van der Waals surface area contributed by atoms with E-state index in [0.717, 1.165) is 12.0 Å². The maximum Gasteiger partial charge on any atom is 0.407 e. The van der Waals surface area contributed by atoms with Crippen molar-refractivity contribution < 1.29 is 58.3 Å². The Labute approximate surface area is 275 Å². The molecule has 0 unspecified atom stereocenters. The summed E-state index contributed by atoms with van der Waals surface area (Å²) in [4.78, 5) is 73.9. The molecule has 0 radical (unpaired) electrons. The maximum atomic E-state index is 13.0. The molecule has 3 aromatic carbocycles. The van der Waals surface area contributed by atoms with Crippen molar-refractivity contribution in [3.8, 4) is 11.5 Å². The molecule has 3 rings (SSSR count). The number of carboxylic acids is 2. The zero-order valence-electron chi connectivity index (χ0n) is 26.3. The van der Waals surface area contributed by atoms with Gasteiger partial charge in [0.25, 0.3) is 0 Å². The molecule has 0 fully saturated rings. The minimum absolute atomic E-state index is 0.0178. The molecule has 48 heavy (non-hydrogen) atoms. The number of aryl methyl sites for hydroxylation is 1. The average molecular weight is 666 g/mol. The van der Waals surface area contributed by atoms with Crippen LogP contribution in [0.5, 0.6) is 11.5 Å². The zero-order chi connectivity index (χ0) is 35.4. The number of hydrogen-bond donors (Lipinski definition) is 5. The first-order chi connectivity index (χ1) is 22.9. The number of aliphatic carboxylic acids is 1. The van der Waals surface area contributed by atoms with E-state index in [9.17, 15) is 44.1 Å². The Hall–Kier alpha value is -6.12. The van der Waals surface area contributed by atoms with Crippen molar-refractivity contribution in [2.45, 2.75) is 32.2 Å². The summed E-state index contributed by atoms with van der Waals surface area (Å²) in [6.45, 7) is 2.10. The molecular formula is C33H35N3O12. The number of carbonyl (C=O) groups excluding carboxylic acids is 4. The number of benzene rings is 3. The predicted octanol–water partition coefficient (Wildman–Crippen LogP) is 3.18. The third-order valence-electron chi connectivity index (χ3n) is 6.93. The first-order valence-electron chi connectivity index (χ1n) is 14.5. The van der Waals surface area contributed by atoms with Crippen LogP contribution < -0.4 is 20.3 Å². The first kappa shape index (κ1) is 36.3. The second-order valence-corrected chi connectivity index (χ2v) is 10.3. The second kappa shape index (κ2) is 17.0. The topological polar surface area (TPSA) is 218 Å². The number of carboxylic acid groups (broad SMARTS) is 2. The third kappa shape index (κ3) is 9.45. The number of aromatic hydroxyl groups is 1. The minimum atomic E-state index is -1.80. The van der Waals surface area contributed by atoms with E-state index >= 15 is 0 Å². The van der Waals surface area contributed by atoms with Crippen molar-refractivity contribution in [3.63, 3.8) is 0 Å². The molecule has 3 aromatic rings. The molecule has 0 heterocycles. The van der Waals surface area contributed by atoms with Gasteiger partial charge < -0.3 is 40.2 Å². The molecule has 0 bridgehead atoms. The lowest BCUT2D eigenvalue weighted by Crippen LogP contribution is -2.48. The monoisotopic (exact) mass is 665 g/mol. The van der Waals surface area contributed by atoms with Crippen LogP contribution in [0, 0.1) is 6.92 Å². The maximum absolute atomic E-state index is 13.0. The van der Waals surface area contributed by atoms with Crippen molar-refractivity contribution in [1.29, 1.82) is 0 Å². The Balaban J connectivity index is 1.66. The number of nitrogens with zero attached hydrogens (tertiary/aromatic N) is 1. The molecule has 3 amide bonds. The van der Waals surface area contributed by atoms with E-state index in [1.165, 1.54) is 61.7 Å². The standard InChI is InChI=1S/C33H35N3O12/c1-19-16-25(37)27(32(44)46-2)26(17-19)48-15-7-6-14-34-28(38)23(35-33(45)47-3)18-20-10-12-21(13-11-20)36(29(39)31(42)43)24-9-5-4-8-22(24)30(40)41/h4-5,8-13,16-17,23,37H,6-7,14-15,18H2,1-3H3,(H,34,38)(H,35,45)(H,40,41)(H,42,43)/t23-/m0/s1. The quantitative estimate of drug-likeness (QED) is 0.0953. The van der Waals surface area contributed by atoms with Gasteiger partial charge in [-0.3, -0.25) is 14.5 Å². The van der Waals surface area contributed by atoms with E-state index in [1.54, 1.807) is 13.0 Å². The van der Waals surface area contributed by atoms with E-state index in [1.807, 2.05) is 0 Å². The molecular weight excluding hydrogens is 630 g/mol. The van der Waals surface area contributed by atoms with Crippen LogP contribution >= 0.6 is 0 Å². The van der Waals surface area contributed by atoms with Crippen LogP contribution in [0.2, 0.25) is 0 Å². The molecule has 15 nitrogen and oxygen atoms in total. The van der Waals surface area contributed by atoms with Gasteiger partial charge in [-0.15, -0.1) is 0 Å². The summed E-state index contributed by atoms with van der Waals surface area (Å²) in [5.41, 5.74) is 0.718. The lowest BCUT2D eigenvalue weighted by atomic mass is 10.0. The van der Waals surface area contributed by atoms with Crippen LogP contribution in [0.4, 0.5) is 16.2 Å². The summed E-state index contributed by atoms with van der Waals surface area (Å²) in [6.07, 6.45) is 0.0485. The van der Waals surface area contributed by atoms with E-state index in [4.69, 9.17) is 9.47 Å². The number of phenols is 1. The number of rotatable bonds is 14. The smallest absolute Gasteiger partial charge is 0.407 e. The van der Waals surface area contributed by atoms with Gasteiger partial charge in [-0.05, 0) is 67.3 Å². The molecule has 0 saturated carbocycles. The number of hydrogen-bond acceptors (Lipinski definition) is 10. The Bertz CT molecular complexity index is 1670. The van der Waals surface area contributed by atoms with Crippen molar-refractivity contribution in [1.82, 2.24) is 10.6 Å². The number of aromatic carboxylic acids is 1. The number of nitrogens with one attached hydrogen (secondary N) is 2. The van der Waals surface area contributed by atoms with Gasteiger partial charge in [0.2, 0.25) is 5.91 Å². The number of methoxy groups -OCH3 is 2. The largest absolute Gasteiger partial charge is 0.507 e. The lowest BCUT2D eigenvalue weighted by molar-refractivity contribution is -0.148. The summed E-state index contributed by atoms with van der Waals surface area (Å²) in [5, 5.41) is 34.3. The fourth-order valence-electron chi connectivity index (χ4n) is 4.64. The average Bonchev–Trinajstić information content (AvgIpc) is 3.06. The van der Waals surface area contributed by atoms with E-state index in [-0.39, 0.29) is 53.6 Å². The van der Waals surface area contributed by atoms with Gasteiger partial charge in [-0.1, -0.05) is 24.3 Å². The zero-order valence-corrected chi connectivity index (χ0v) is 26.3. The number of ether oxygens (including phenoxy) is 3. The molecule has 0 aliphatic rings. The third-order valence-corrected chi connectivity index (χ3v) is 6.93. The van der Waals surface area contributed by atoms with Gasteiger partial charge >= 0.3 is 29.9 Å². The predicted molar refractivity (Wildman–Crippen MR) is 170 cm³/mol. The number of alkyl carbamates (subject to hydrolysis) is 1. The highest BCUT2D eigenvalue weighted by molar-refractivity contribution is 6.39. The molecule has 0 aromatic heterocycles. The highest BCUT2D eigenvalue weighted by atomic mass is 16.5. The van der Waals surface area contributed by atoms with Crippen LogP contribution in [-0.2, 0) is 30.3 Å². The lowest BCUT2D eigenvalue weighted by Gasteiger charge is -2.23.